The molecule has 1 fully saturated rings. The molecule has 1 amide bonds. The van der Waals surface area contributed by atoms with Crippen molar-refractivity contribution in [1.82, 2.24) is 20.4 Å². The third-order valence-electron chi connectivity index (χ3n) is 3.98. The second kappa shape index (κ2) is 8.70. The number of hydrogen-bond donors (Lipinski definition) is 2. The summed E-state index contributed by atoms with van der Waals surface area (Å²) in [5, 5.41) is 10.6. The summed E-state index contributed by atoms with van der Waals surface area (Å²) in [4.78, 5) is 11.9. The summed E-state index contributed by atoms with van der Waals surface area (Å²) in [6.45, 7) is 2.37. The molecule has 1 aliphatic heterocycles. The van der Waals surface area contributed by atoms with Gasteiger partial charge in [-0.05, 0) is 36.6 Å². The van der Waals surface area contributed by atoms with Gasteiger partial charge in [-0.3, -0.25) is 9.48 Å². The maximum absolute atomic E-state index is 11.9. The molecular formula is C17H23ClN4O. The number of carbonyl (C=O) groups is 1. The molecule has 0 saturated carbocycles. The Bertz CT molecular complexity index is 609. The van der Waals surface area contributed by atoms with Gasteiger partial charge in [0.2, 0.25) is 5.91 Å². The van der Waals surface area contributed by atoms with Crippen molar-refractivity contribution in [3.8, 4) is 0 Å². The standard InChI is InChI=1S/C17H22N4O.ClH/c22-17(11-16-6-2-7-18-16)19-12-14-4-1-5-15(10-14)13-21-9-3-8-20-21;/h1,3-5,8-10,16,18H,2,6-7,11-13H2,(H,19,22);1H. The zero-order chi connectivity index (χ0) is 15.2. The number of nitrogens with one attached hydrogen (secondary N) is 2. The van der Waals surface area contributed by atoms with Crippen LogP contribution in [0.4, 0.5) is 0 Å². The normalized spacial score (nSPS) is 16.8. The Morgan fingerprint density at radius 2 is 2.22 bits per heavy atom. The third kappa shape index (κ3) is 5.37. The van der Waals surface area contributed by atoms with Crippen LogP contribution in [0.1, 0.15) is 30.4 Å². The van der Waals surface area contributed by atoms with E-state index in [1.54, 1.807) is 6.20 Å². The summed E-state index contributed by atoms with van der Waals surface area (Å²) in [5.74, 6) is 0.122. The zero-order valence-corrected chi connectivity index (χ0v) is 13.9. The summed E-state index contributed by atoms with van der Waals surface area (Å²) in [5.41, 5.74) is 2.31. The molecule has 2 N–H and O–H groups in total. The first-order valence-electron chi connectivity index (χ1n) is 7.85. The van der Waals surface area contributed by atoms with E-state index < -0.39 is 0 Å². The molecule has 0 spiro atoms. The molecule has 5 nitrogen and oxygen atoms in total. The van der Waals surface area contributed by atoms with E-state index >= 15 is 0 Å². The van der Waals surface area contributed by atoms with Gasteiger partial charge < -0.3 is 10.6 Å². The van der Waals surface area contributed by atoms with E-state index in [2.05, 4.69) is 27.9 Å². The predicted molar refractivity (Wildman–Crippen MR) is 92.5 cm³/mol. The molecule has 0 aliphatic carbocycles. The van der Waals surface area contributed by atoms with Gasteiger partial charge in [-0.25, -0.2) is 0 Å². The van der Waals surface area contributed by atoms with Crippen LogP contribution in [-0.2, 0) is 17.9 Å². The molecular weight excluding hydrogens is 312 g/mol. The average molecular weight is 335 g/mol. The van der Waals surface area contributed by atoms with Gasteiger partial charge in [-0.15, -0.1) is 12.4 Å². The highest BCUT2D eigenvalue weighted by Crippen LogP contribution is 2.09. The summed E-state index contributed by atoms with van der Waals surface area (Å²) >= 11 is 0. The number of aromatic nitrogens is 2. The smallest absolute Gasteiger partial charge is 0.221 e. The number of nitrogens with zero attached hydrogens (tertiary/aromatic N) is 2. The number of rotatable bonds is 6. The van der Waals surface area contributed by atoms with Gasteiger partial charge in [0.15, 0.2) is 0 Å². The van der Waals surface area contributed by atoms with Crippen molar-refractivity contribution in [3.63, 3.8) is 0 Å². The first-order chi connectivity index (χ1) is 10.8. The topological polar surface area (TPSA) is 59.0 Å². The summed E-state index contributed by atoms with van der Waals surface area (Å²) < 4.78 is 1.89. The van der Waals surface area contributed by atoms with Crippen LogP contribution in [0.5, 0.6) is 0 Å². The van der Waals surface area contributed by atoms with E-state index in [0.717, 1.165) is 25.1 Å². The van der Waals surface area contributed by atoms with E-state index in [1.165, 1.54) is 12.0 Å². The highest BCUT2D eigenvalue weighted by atomic mass is 35.5. The van der Waals surface area contributed by atoms with Crippen molar-refractivity contribution in [2.45, 2.75) is 38.4 Å². The number of halogens is 1. The first kappa shape index (κ1) is 17.5. The molecule has 1 aliphatic rings. The van der Waals surface area contributed by atoms with Gasteiger partial charge in [0, 0.05) is 31.4 Å². The Balaban J connectivity index is 0.00000192. The Hall–Kier alpha value is -1.85. The molecule has 1 unspecified atom stereocenters. The molecule has 1 atom stereocenters. The Labute approximate surface area is 142 Å². The number of amides is 1. The molecule has 1 aromatic heterocycles. The van der Waals surface area contributed by atoms with Gasteiger partial charge in [-0.2, -0.15) is 5.10 Å². The van der Waals surface area contributed by atoms with Crippen LogP contribution >= 0.6 is 12.4 Å². The van der Waals surface area contributed by atoms with Gasteiger partial charge in [0.1, 0.15) is 0 Å². The quantitative estimate of drug-likeness (QED) is 0.850. The van der Waals surface area contributed by atoms with E-state index in [-0.39, 0.29) is 18.3 Å². The maximum Gasteiger partial charge on any atom is 0.221 e. The molecule has 2 heterocycles. The Morgan fingerprint density at radius 1 is 1.35 bits per heavy atom. The highest BCUT2D eigenvalue weighted by Gasteiger charge is 2.17. The van der Waals surface area contributed by atoms with Crippen LogP contribution in [0.2, 0.25) is 0 Å². The summed E-state index contributed by atoms with van der Waals surface area (Å²) in [6, 6.07) is 10.5. The lowest BCUT2D eigenvalue weighted by Crippen LogP contribution is -2.31. The minimum atomic E-state index is 0. The van der Waals surface area contributed by atoms with E-state index in [1.807, 2.05) is 29.1 Å². The van der Waals surface area contributed by atoms with Gasteiger partial charge in [0.25, 0.3) is 0 Å². The van der Waals surface area contributed by atoms with E-state index in [9.17, 15) is 4.79 Å². The fourth-order valence-electron chi connectivity index (χ4n) is 2.85. The molecule has 2 aromatic rings. The number of hydrogen-bond acceptors (Lipinski definition) is 3. The van der Waals surface area contributed by atoms with Crippen molar-refractivity contribution >= 4 is 18.3 Å². The fourth-order valence-corrected chi connectivity index (χ4v) is 2.85. The molecule has 0 bridgehead atoms. The largest absolute Gasteiger partial charge is 0.352 e. The molecule has 124 valence electrons. The van der Waals surface area contributed by atoms with Crippen LogP contribution in [0.3, 0.4) is 0 Å². The Kier molecular flexibility index (Phi) is 6.62. The second-order valence-electron chi connectivity index (χ2n) is 5.80. The summed E-state index contributed by atoms with van der Waals surface area (Å²) in [7, 11) is 0. The van der Waals surface area contributed by atoms with Crippen LogP contribution in [-0.4, -0.2) is 28.3 Å². The summed E-state index contributed by atoms with van der Waals surface area (Å²) in [6.07, 6.45) is 6.58. The fraction of sp³-hybridized carbons (Fsp3) is 0.412. The molecule has 0 radical (unpaired) electrons. The first-order valence-corrected chi connectivity index (χ1v) is 7.85. The van der Waals surface area contributed by atoms with E-state index in [4.69, 9.17) is 0 Å². The number of carbonyl (C=O) groups excluding carboxylic acids is 1. The maximum atomic E-state index is 11.9. The highest BCUT2D eigenvalue weighted by molar-refractivity contribution is 5.85. The minimum absolute atomic E-state index is 0. The van der Waals surface area contributed by atoms with Crippen molar-refractivity contribution in [1.29, 1.82) is 0 Å². The molecule has 23 heavy (non-hydrogen) atoms. The minimum Gasteiger partial charge on any atom is -0.352 e. The van der Waals surface area contributed by atoms with Gasteiger partial charge in [0.05, 0.1) is 6.54 Å². The monoisotopic (exact) mass is 334 g/mol. The van der Waals surface area contributed by atoms with Crippen molar-refractivity contribution in [2.75, 3.05) is 6.54 Å². The molecule has 1 aromatic carbocycles. The zero-order valence-electron chi connectivity index (χ0n) is 13.1. The van der Waals surface area contributed by atoms with Gasteiger partial charge >= 0.3 is 0 Å². The van der Waals surface area contributed by atoms with Crippen molar-refractivity contribution in [3.05, 3.63) is 53.9 Å². The van der Waals surface area contributed by atoms with Crippen LogP contribution in [0, 0.1) is 0 Å². The lowest BCUT2D eigenvalue weighted by atomic mass is 10.1. The SMILES string of the molecule is Cl.O=C(CC1CCCN1)NCc1cccc(Cn2cccn2)c1. The van der Waals surface area contributed by atoms with Crippen LogP contribution < -0.4 is 10.6 Å². The van der Waals surface area contributed by atoms with Crippen LogP contribution in [0.25, 0.3) is 0 Å². The third-order valence-corrected chi connectivity index (χ3v) is 3.98. The van der Waals surface area contributed by atoms with Crippen molar-refractivity contribution < 1.29 is 4.79 Å². The van der Waals surface area contributed by atoms with Gasteiger partial charge in [-0.1, -0.05) is 24.3 Å². The Morgan fingerprint density at radius 3 is 2.96 bits per heavy atom. The van der Waals surface area contributed by atoms with Crippen LogP contribution in [0.15, 0.2) is 42.7 Å². The predicted octanol–water partition coefficient (Wildman–Crippen LogP) is 2.11. The lowest BCUT2D eigenvalue weighted by Gasteiger charge is -2.11. The molecule has 6 heteroatoms. The van der Waals surface area contributed by atoms with Crippen molar-refractivity contribution in [2.24, 2.45) is 0 Å². The molecule has 1 saturated heterocycles. The van der Waals surface area contributed by atoms with E-state index in [0.29, 0.717) is 19.0 Å². The average Bonchev–Trinajstić information content (AvgIpc) is 3.19. The lowest BCUT2D eigenvalue weighted by molar-refractivity contribution is -0.121. The second-order valence-corrected chi connectivity index (χ2v) is 5.80. The molecule has 3 rings (SSSR count). The number of benzene rings is 1.